The molecule has 150 valence electrons. The number of anilines is 1. The van der Waals surface area contributed by atoms with Gasteiger partial charge in [0.2, 0.25) is 0 Å². The van der Waals surface area contributed by atoms with Crippen molar-refractivity contribution in [1.29, 1.82) is 0 Å². The maximum absolute atomic E-state index is 12.4. The lowest BCUT2D eigenvalue weighted by molar-refractivity contribution is -0.123. The van der Waals surface area contributed by atoms with Crippen molar-refractivity contribution in [3.05, 3.63) is 72.1 Å². The van der Waals surface area contributed by atoms with Crippen molar-refractivity contribution < 1.29 is 19.1 Å². The molecule has 29 heavy (non-hydrogen) atoms. The highest BCUT2D eigenvalue weighted by Crippen LogP contribution is 2.17. The Morgan fingerprint density at radius 1 is 1.07 bits per heavy atom. The van der Waals surface area contributed by atoms with E-state index in [9.17, 15) is 9.59 Å². The molecular weight excluding hydrogens is 370 g/mol. The first-order valence-corrected chi connectivity index (χ1v) is 9.33. The van der Waals surface area contributed by atoms with Crippen LogP contribution in [-0.2, 0) is 9.53 Å². The van der Waals surface area contributed by atoms with Gasteiger partial charge in [-0.3, -0.25) is 4.79 Å². The number of ether oxygens (including phenoxy) is 2. The molecule has 0 fully saturated rings. The minimum absolute atomic E-state index is 0.360. The number of benzene rings is 2. The molecule has 1 amide bonds. The zero-order valence-electron chi connectivity index (χ0n) is 16.6. The number of nitrogens with one attached hydrogen (secondary N) is 1. The summed E-state index contributed by atoms with van der Waals surface area (Å²) in [6, 6.07) is 15.7. The first-order chi connectivity index (χ1) is 14.0. The first kappa shape index (κ1) is 20.1. The molecule has 7 nitrogen and oxygen atoms in total. The van der Waals surface area contributed by atoms with Gasteiger partial charge in [-0.1, -0.05) is 0 Å². The number of hydrogen-bond acceptors (Lipinski definition) is 5. The molecule has 0 aliphatic carbocycles. The Kier molecular flexibility index (Phi) is 6.29. The van der Waals surface area contributed by atoms with E-state index in [1.165, 1.54) is 6.92 Å². The summed E-state index contributed by atoms with van der Waals surface area (Å²) >= 11 is 0. The summed E-state index contributed by atoms with van der Waals surface area (Å²) in [5, 5.41) is 6.95. The maximum atomic E-state index is 12.4. The smallest absolute Gasteiger partial charge is 0.338 e. The fourth-order valence-electron chi connectivity index (χ4n) is 2.71. The quantitative estimate of drug-likeness (QED) is 0.618. The molecule has 3 rings (SSSR count). The van der Waals surface area contributed by atoms with Gasteiger partial charge >= 0.3 is 5.97 Å². The van der Waals surface area contributed by atoms with Crippen LogP contribution in [0.25, 0.3) is 5.69 Å². The Morgan fingerprint density at radius 3 is 2.34 bits per heavy atom. The standard InChI is InChI=1S/C22H23N3O4/c1-4-28-20-11-7-18(8-12-20)24-21(26)16(3)29-22(27)17-5-9-19(10-6-17)25-15(2)13-14-23-25/h5-14,16H,4H2,1-3H3,(H,24,26)/t16-/m1/s1. The van der Waals surface area contributed by atoms with E-state index in [-0.39, 0.29) is 0 Å². The molecule has 1 aromatic heterocycles. The van der Waals surface area contributed by atoms with Crippen LogP contribution in [0.4, 0.5) is 5.69 Å². The third-order valence-electron chi connectivity index (χ3n) is 4.27. The Bertz CT molecular complexity index is 978. The fourth-order valence-corrected chi connectivity index (χ4v) is 2.71. The molecule has 0 saturated heterocycles. The van der Waals surface area contributed by atoms with E-state index < -0.39 is 18.0 Å². The summed E-state index contributed by atoms with van der Waals surface area (Å²) in [4.78, 5) is 24.7. The molecule has 1 atom stereocenters. The predicted molar refractivity (Wildman–Crippen MR) is 109 cm³/mol. The zero-order valence-corrected chi connectivity index (χ0v) is 16.6. The minimum Gasteiger partial charge on any atom is -0.494 e. The van der Waals surface area contributed by atoms with Gasteiger partial charge in [-0.05, 0) is 75.4 Å². The van der Waals surface area contributed by atoms with Crippen LogP contribution in [0.1, 0.15) is 29.9 Å². The topological polar surface area (TPSA) is 82.5 Å². The van der Waals surface area contributed by atoms with E-state index in [1.807, 2.05) is 19.9 Å². The lowest BCUT2D eigenvalue weighted by Crippen LogP contribution is -2.30. The van der Waals surface area contributed by atoms with Crippen LogP contribution in [0.2, 0.25) is 0 Å². The summed E-state index contributed by atoms with van der Waals surface area (Å²) in [5.74, 6) is -0.256. The second-order valence-corrected chi connectivity index (χ2v) is 6.43. The van der Waals surface area contributed by atoms with Crippen molar-refractivity contribution in [3.63, 3.8) is 0 Å². The fraction of sp³-hybridized carbons (Fsp3) is 0.227. The van der Waals surface area contributed by atoms with Gasteiger partial charge in [-0.15, -0.1) is 0 Å². The van der Waals surface area contributed by atoms with E-state index in [0.29, 0.717) is 17.9 Å². The molecule has 0 aliphatic heterocycles. The first-order valence-electron chi connectivity index (χ1n) is 9.33. The SMILES string of the molecule is CCOc1ccc(NC(=O)[C@@H](C)OC(=O)c2ccc(-n3nccc3C)cc2)cc1. The summed E-state index contributed by atoms with van der Waals surface area (Å²) in [5.41, 5.74) is 2.78. The van der Waals surface area contributed by atoms with Crippen molar-refractivity contribution in [2.24, 2.45) is 0 Å². The van der Waals surface area contributed by atoms with Gasteiger partial charge in [0.05, 0.1) is 17.9 Å². The summed E-state index contributed by atoms with van der Waals surface area (Å²) in [6.07, 6.45) is 0.768. The lowest BCUT2D eigenvalue weighted by atomic mass is 10.2. The van der Waals surface area contributed by atoms with E-state index in [2.05, 4.69) is 10.4 Å². The molecule has 0 radical (unpaired) electrons. The highest BCUT2D eigenvalue weighted by atomic mass is 16.5. The molecular formula is C22H23N3O4. The molecule has 0 saturated carbocycles. The van der Waals surface area contributed by atoms with Crippen LogP contribution in [0.3, 0.4) is 0 Å². The normalized spacial score (nSPS) is 11.6. The highest BCUT2D eigenvalue weighted by molar-refractivity contribution is 5.97. The summed E-state index contributed by atoms with van der Waals surface area (Å²) < 4.78 is 12.4. The minimum atomic E-state index is -0.942. The zero-order chi connectivity index (χ0) is 20.8. The summed E-state index contributed by atoms with van der Waals surface area (Å²) in [7, 11) is 0. The third kappa shape index (κ3) is 5.01. The number of aryl methyl sites for hydroxylation is 1. The second-order valence-electron chi connectivity index (χ2n) is 6.43. The maximum Gasteiger partial charge on any atom is 0.338 e. The predicted octanol–water partition coefficient (Wildman–Crippen LogP) is 3.76. The van der Waals surface area contributed by atoms with Crippen LogP contribution in [0.5, 0.6) is 5.75 Å². The second kappa shape index (κ2) is 9.05. The molecule has 0 spiro atoms. The van der Waals surface area contributed by atoms with E-state index in [1.54, 1.807) is 59.4 Å². The van der Waals surface area contributed by atoms with Crippen molar-refractivity contribution in [3.8, 4) is 11.4 Å². The molecule has 1 N–H and O–H groups in total. The van der Waals surface area contributed by atoms with Gasteiger partial charge in [0.15, 0.2) is 6.10 Å². The molecule has 0 unspecified atom stereocenters. The Morgan fingerprint density at radius 2 is 1.76 bits per heavy atom. The van der Waals surface area contributed by atoms with Crippen molar-refractivity contribution >= 4 is 17.6 Å². The molecule has 0 aliphatic rings. The number of aromatic nitrogens is 2. The van der Waals surface area contributed by atoms with Gasteiger partial charge in [0.1, 0.15) is 5.75 Å². The van der Waals surface area contributed by atoms with E-state index >= 15 is 0 Å². The highest BCUT2D eigenvalue weighted by Gasteiger charge is 2.19. The largest absolute Gasteiger partial charge is 0.494 e. The molecule has 3 aromatic rings. The van der Waals surface area contributed by atoms with Crippen molar-refractivity contribution in [2.75, 3.05) is 11.9 Å². The van der Waals surface area contributed by atoms with Crippen LogP contribution < -0.4 is 10.1 Å². The Labute approximate surface area is 169 Å². The average Bonchev–Trinajstić information content (AvgIpc) is 3.15. The van der Waals surface area contributed by atoms with Gasteiger partial charge < -0.3 is 14.8 Å². The van der Waals surface area contributed by atoms with Crippen molar-refractivity contribution in [2.45, 2.75) is 26.9 Å². The number of carbonyl (C=O) groups excluding carboxylic acids is 2. The van der Waals surface area contributed by atoms with Crippen LogP contribution >= 0.6 is 0 Å². The van der Waals surface area contributed by atoms with E-state index in [4.69, 9.17) is 9.47 Å². The van der Waals surface area contributed by atoms with Crippen LogP contribution in [0.15, 0.2) is 60.8 Å². The van der Waals surface area contributed by atoms with Gasteiger partial charge in [-0.25, -0.2) is 9.48 Å². The molecule has 1 heterocycles. The lowest BCUT2D eigenvalue weighted by Gasteiger charge is -2.14. The number of carbonyl (C=O) groups is 2. The van der Waals surface area contributed by atoms with Gasteiger partial charge in [0, 0.05) is 17.6 Å². The average molecular weight is 393 g/mol. The number of nitrogens with zero attached hydrogens (tertiary/aromatic N) is 2. The molecule has 2 aromatic carbocycles. The summed E-state index contributed by atoms with van der Waals surface area (Å²) in [6.45, 7) is 5.95. The van der Waals surface area contributed by atoms with E-state index in [0.717, 1.165) is 17.1 Å². The number of amides is 1. The van der Waals surface area contributed by atoms with Crippen LogP contribution in [0, 0.1) is 6.92 Å². The number of rotatable bonds is 7. The number of hydrogen-bond donors (Lipinski definition) is 1. The van der Waals surface area contributed by atoms with Crippen LogP contribution in [-0.4, -0.2) is 34.4 Å². The molecule has 7 heteroatoms. The van der Waals surface area contributed by atoms with Gasteiger partial charge in [-0.2, -0.15) is 5.10 Å². The molecule has 0 bridgehead atoms. The Hall–Kier alpha value is -3.61. The Balaban J connectivity index is 1.58. The third-order valence-corrected chi connectivity index (χ3v) is 4.27. The number of esters is 1. The monoisotopic (exact) mass is 393 g/mol. The van der Waals surface area contributed by atoms with Gasteiger partial charge in [0.25, 0.3) is 5.91 Å². The van der Waals surface area contributed by atoms with Crippen molar-refractivity contribution in [1.82, 2.24) is 9.78 Å².